The molecule has 1 unspecified atom stereocenters. The molecule has 3 aliphatic heterocycles. The van der Waals surface area contributed by atoms with Crippen molar-refractivity contribution in [2.75, 3.05) is 36.5 Å². The van der Waals surface area contributed by atoms with Crippen molar-refractivity contribution in [2.45, 2.75) is 12.5 Å². The predicted molar refractivity (Wildman–Crippen MR) is 117 cm³/mol. The van der Waals surface area contributed by atoms with E-state index in [9.17, 15) is 24.5 Å². The van der Waals surface area contributed by atoms with Crippen molar-refractivity contribution in [1.82, 2.24) is 10.6 Å². The lowest BCUT2D eigenvalue weighted by molar-refractivity contribution is -0.384. The Labute approximate surface area is 188 Å². The van der Waals surface area contributed by atoms with Gasteiger partial charge in [0, 0.05) is 43.9 Å². The molecule has 4 amide bonds. The number of imide groups is 2. The Morgan fingerprint density at radius 3 is 2.48 bits per heavy atom. The van der Waals surface area contributed by atoms with Crippen molar-refractivity contribution < 1.29 is 24.0 Å². The quantitative estimate of drug-likeness (QED) is 0.404. The third-order valence-corrected chi connectivity index (χ3v) is 6.69. The van der Waals surface area contributed by atoms with Gasteiger partial charge in [-0.25, -0.2) is 4.79 Å². The Balaban J connectivity index is 1.62. The van der Waals surface area contributed by atoms with E-state index in [-0.39, 0.29) is 12.1 Å². The monoisotopic (exact) mass is 451 g/mol. The van der Waals surface area contributed by atoms with Gasteiger partial charge in [-0.05, 0) is 23.8 Å². The summed E-state index contributed by atoms with van der Waals surface area (Å²) in [5, 5.41) is 15.8. The smallest absolute Gasteiger partial charge is 0.328 e. The number of amides is 4. The Morgan fingerprint density at radius 2 is 1.79 bits per heavy atom. The lowest BCUT2D eigenvalue weighted by Gasteiger charge is -2.54. The molecule has 1 atom stereocenters. The minimum Gasteiger partial charge on any atom is -0.495 e. The Bertz CT molecular complexity index is 1180. The number of anilines is 2. The number of carbonyl (C=O) groups is 3. The summed E-state index contributed by atoms with van der Waals surface area (Å²) in [6.45, 7) is 1.35. The topological polar surface area (TPSA) is 134 Å². The van der Waals surface area contributed by atoms with Crippen molar-refractivity contribution in [1.29, 1.82) is 0 Å². The number of hydrogen-bond donors (Lipinski definition) is 2. The molecular weight excluding hydrogens is 430 g/mol. The van der Waals surface area contributed by atoms with E-state index in [0.717, 1.165) is 11.4 Å². The maximum atomic E-state index is 13.2. The van der Waals surface area contributed by atoms with Gasteiger partial charge in [-0.15, -0.1) is 0 Å². The van der Waals surface area contributed by atoms with Gasteiger partial charge >= 0.3 is 6.03 Å². The summed E-state index contributed by atoms with van der Waals surface area (Å²) < 4.78 is 5.50. The number of nitro benzene ring substituents is 1. The highest BCUT2D eigenvalue weighted by atomic mass is 16.6. The molecule has 11 heteroatoms. The van der Waals surface area contributed by atoms with Crippen LogP contribution in [0.15, 0.2) is 42.5 Å². The van der Waals surface area contributed by atoms with Crippen LogP contribution < -0.4 is 25.2 Å². The van der Waals surface area contributed by atoms with Crippen molar-refractivity contribution in [3.63, 3.8) is 0 Å². The summed E-state index contributed by atoms with van der Waals surface area (Å²) in [5.41, 5.74) is 0.343. The number of methoxy groups -OCH3 is 1. The first-order valence-corrected chi connectivity index (χ1v) is 10.4. The zero-order chi connectivity index (χ0) is 23.3. The normalized spacial score (nSPS) is 21.1. The zero-order valence-corrected chi connectivity index (χ0v) is 17.7. The summed E-state index contributed by atoms with van der Waals surface area (Å²) in [6, 6.07) is 10.5. The van der Waals surface area contributed by atoms with E-state index in [0.29, 0.717) is 30.9 Å². The van der Waals surface area contributed by atoms with Crippen LogP contribution in [0.3, 0.4) is 0 Å². The van der Waals surface area contributed by atoms with Crippen molar-refractivity contribution in [2.24, 2.45) is 5.41 Å². The van der Waals surface area contributed by atoms with Crippen molar-refractivity contribution >= 4 is 34.9 Å². The van der Waals surface area contributed by atoms with Crippen LogP contribution in [-0.4, -0.2) is 55.6 Å². The van der Waals surface area contributed by atoms with Crippen LogP contribution in [-0.2, 0) is 16.0 Å². The van der Waals surface area contributed by atoms with Crippen LogP contribution in [0.5, 0.6) is 5.75 Å². The molecule has 3 heterocycles. The lowest BCUT2D eigenvalue weighted by Crippen LogP contribution is -2.74. The van der Waals surface area contributed by atoms with Crippen LogP contribution in [0.2, 0.25) is 0 Å². The molecule has 2 N–H and O–H groups in total. The highest BCUT2D eigenvalue weighted by Gasteiger charge is 2.61. The first kappa shape index (κ1) is 20.7. The first-order valence-electron chi connectivity index (χ1n) is 10.4. The average molecular weight is 451 g/mol. The van der Waals surface area contributed by atoms with Gasteiger partial charge in [-0.2, -0.15) is 0 Å². The van der Waals surface area contributed by atoms with Crippen molar-refractivity contribution in [3.8, 4) is 5.75 Å². The molecule has 3 aliphatic rings. The molecule has 0 aromatic heterocycles. The SMILES string of the molecule is COc1ccccc1N1CCN2c3ccc([N+](=O)[O-])cc3CC3(C(=O)NC(=O)NC3=O)C2C1. The predicted octanol–water partition coefficient (Wildman–Crippen LogP) is 1.21. The number of urea groups is 1. The van der Waals surface area contributed by atoms with E-state index in [1.54, 1.807) is 13.2 Å². The van der Waals surface area contributed by atoms with Gasteiger partial charge in [-0.1, -0.05) is 12.1 Å². The fourth-order valence-corrected chi connectivity index (χ4v) is 5.16. The number of nitrogens with one attached hydrogen (secondary N) is 2. The molecule has 0 radical (unpaired) electrons. The fraction of sp³-hybridized carbons (Fsp3) is 0.318. The minimum atomic E-state index is -1.63. The molecule has 0 bridgehead atoms. The van der Waals surface area contributed by atoms with Crippen LogP contribution in [0.1, 0.15) is 5.56 Å². The van der Waals surface area contributed by atoms with Crippen molar-refractivity contribution in [3.05, 3.63) is 58.1 Å². The minimum absolute atomic E-state index is 0.0596. The summed E-state index contributed by atoms with van der Waals surface area (Å²) in [7, 11) is 1.58. The average Bonchev–Trinajstić information content (AvgIpc) is 2.81. The summed E-state index contributed by atoms with van der Waals surface area (Å²) in [6.07, 6.45) is -0.0596. The van der Waals surface area contributed by atoms with Crippen LogP contribution in [0.25, 0.3) is 0 Å². The number of rotatable bonds is 3. The number of ether oxygens (including phenoxy) is 1. The molecule has 2 fully saturated rings. The van der Waals surface area contributed by atoms with Gasteiger partial charge < -0.3 is 14.5 Å². The Kier molecular flexibility index (Phi) is 4.69. The van der Waals surface area contributed by atoms with Gasteiger partial charge in [0.25, 0.3) is 5.69 Å². The Morgan fingerprint density at radius 1 is 1.06 bits per heavy atom. The number of piperazine rings is 1. The lowest BCUT2D eigenvalue weighted by atomic mass is 9.68. The second-order valence-electron chi connectivity index (χ2n) is 8.28. The van der Waals surface area contributed by atoms with Crippen LogP contribution >= 0.6 is 0 Å². The largest absolute Gasteiger partial charge is 0.495 e. The van der Waals surface area contributed by atoms with Crippen LogP contribution in [0.4, 0.5) is 21.9 Å². The van der Waals surface area contributed by atoms with Gasteiger partial charge in [0.05, 0.1) is 23.8 Å². The molecule has 2 aromatic rings. The summed E-state index contributed by atoms with van der Waals surface area (Å²) in [5.74, 6) is -0.741. The molecule has 5 rings (SSSR count). The molecule has 170 valence electrons. The maximum Gasteiger partial charge on any atom is 0.328 e. The molecule has 33 heavy (non-hydrogen) atoms. The number of non-ortho nitro benzene ring substituents is 1. The number of hydrogen-bond acceptors (Lipinski definition) is 8. The number of barbiturate groups is 1. The third-order valence-electron chi connectivity index (χ3n) is 6.69. The second-order valence-corrected chi connectivity index (χ2v) is 8.28. The van der Waals surface area contributed by atoms with E-state index in [4.69, 9.17) is 4.74 Å². The number of nitro groups is 1. The van der Waals surface area contributed by atoms with Crippen LogP contribution in [0, 0.1) is 15.5 Å². The first-order chi connectivity index (χ1) is 15.8. The molecule has 11 nitrogen and oxygen atoms in total. The molecular formula is C22H21N5O6. The van der Waals surface area contributed by atoms with Gasteiger partial charge in [-0.3, -0.25) is 30.3 Å². The van der Waals surface area contributed by atoms with E-state index in [1.165, 1.54) is 12.1 Å². The highest BCUT2D eigenvalue weighted by Crippen LogP contribution is 2.46. The van der Waals surface area contributed by atoms with Gasteiger partial charge in [0.1, 0.15) is 5.75 Å². The summed E-state index contributed by atoms with van der Waals surface area (Å²) in [4.78, 5) is 53.2. The second kappa shape index (κ2) is 7.47. The molecule has 0 saturated carbocycles. The molecule has 2 saturated heterocycles. The molecule has 1 spiro atoms. The molecule has 0 aliphatic carbocycles. The summed E-state index contributed by atoms with van der Waals surface area (Å²) >= 11 is 0. The van der Waals surface area contributed by atoms with E-state index in [1.807, 2.05) is 29.2 Å². The number of nitrogens with zero attached hydrogens (tertiary/aromatic N) is 3. The van der Waals surface area contributed by atoms with Gasteiger partial charge in [0.15, 0.2) is 5.41 Å². The van der Waals surface area contributed by atoms with Gasteiger partial charge in [0.2, 0.25) is 11.8 Å². The molecule has 2 aromatic carbocycles. The standard InChI is InChI=1S/C22H21N5O6/c1-33-17-5-3-2-4-16(17)25-8-9-26-15-7-6-14(27(31)32)10-13(15)11-22(18(26)12-25)19(28)23-21(30)24-20(22)29/h2-7,10,18H,8-9,11-12H2,1H3,(H2,23,24,28,29,30). The third kappa shape index (κ3) is 3.07. The number of fused-ring (bicyclic) bond motifs is 4. The van der Waals surface area contributed by atoms with E-state index < -0.39 is 34.2 Å². The number of benzene rings is 2. The number of para-hydroxylation sites is 2. The highest BCUT2D eigenvalue weighted by molar-refractivity contribution is 6.20. The maximum absolute atomic E-state index is 13.2. The fourth-order valence-electron chi connectivity index (χ4n) is 5.16. The van der Waals surface area contributed by atoms with E-state index >= 15 is 0 Å². The number of carbonyl (C=O) groups excluding carboxylic acids is 3. The zero-order valence-electron chi connectivity index (χ0n) is 17.7. The Hall–Kier alpha value is -4.15. The van der Waals surface area contributed by atoms with E-state index in [2.05, 4.69) is 15.5 Å².